The summed E-state index contributed by atoms with van der Waals surface area (Å²) in [5.41, 5.74) is 5.91. The summed E-state index contributed by atoms with van der Waals surface area (Å²) in [6.45, 7) is 4.06. The van der Waals surface area contributed by atoms with Gasteiger partial charge in [0.05, 0.1) is 0 Å². The fourth-order valence-electron chi connectivity index (χ4n) is 1.03. The summed E-state index contributed by atoms with van der Waals surface area (Å²) in [6.07, 6.45) is 6.74. The highest BCUT2D eigenvalue weighted by atomic mass is 16.4. The fraction of sp³-hybridized carbons (Fsp3) is 0.500. The third-order valence-corrected chi connectivity index (χ3v) is 1.57. The van der Waals surface area contributed by atoms with Crippen LogP contribution in [0.25, 0.3) is 0 Å². The molecule has 0 aliphatic heterocycles. The largest absolute Gasteiger partial charge is 0.478 e. The van der Waals surface area contributed by atoms with Crippen molar-refractivity contribution in [3.8, 4) is 0 Å². The van der Waals surface area contributed by atoms with E-state index in [0.717, 1.165) is 12.5 Å². The fourth-order valence-corrected chi connectivity index (χ4v) is 1.03. The Morgan fingerprint density at radius 3 is 2.69 bits per heavy atom. The summed E-state index contributed by atoms with van der Waals surface area (Å²) in [7, 11) is 0. The summed E-state index contributed by atoms with van der Waals surface area (Å²) >= 11 is 0. The van der Waals surface area contributed by atoms with Crippen molar-refractivity contribution in [2.45, 2.75) is 26.7 Å². The molecule has 0 rings (SSSR count). The molecule has 0 aromatic heterocycles. The van der Waals surface area contributed by atoms with Crippen LogP contribution in [-0.4, -0.2) is 11.1 Å². The van der Waals surface area contributed by atoms with Gasteiger partial charge in [-0.05, 0) is 18.8 Å². The molecule has 0 bridgehead atoms. The molecule has 0 spiro atoms. The highest BCUT2D eigenvalue weighted by molar-refractivity contribution is 5.80. The van der Waals surface area contributed by atoms with Crippen LogP contribution in [0.2, 0.25) is 0 Å². The van der Waals surface area contributed by atoms with E-state index in [0.29, 0.717) is 18.0 Å². The average Bonchev–Trinajstić information content (AvgIpc) is 1.98. The molecule has 1 atom stereocenters. The lowest BCUT2D eigenvalue weighted by Crippen LogP contribution is -2.05. The summed E-state index contributed by atoms with van der Waals surface area (Å²) in [5.74, 6) is -0.681. The maximum Gasteiger partial charge on any atom is 0.330 e. The maximum atomic E-state index is 10.2. The Bertz CT molecular complexity index is 219. The third kappa shape index (κ3) is 7.12. The van der Waals surface area contributed by atoms with Crippen LogP contribution < -0.4 is 5.73 Å². The van der Waals surface area contributed by atoms with Crippen LogP contribution in [0.1, 0.15) is 26.7 Å². The maximum absolute atomic E-state index is 10.2. The molecule has 0 aliphatic rings. The Morgan fingerprint density at radius 1 is 1.62 bits per heavy atom. The van der Waals surface area contributed by atoms with Gasteiger partial charge in [-0.2, -0.15) is 0 Å². The van der Waals surface area contributed by atoms with Gasteiger partial charge in [0.1, 0.15) is 0 Å². The third-order valence-electron chi connectivity index (χ3n) is 1.57. The first-order chi connectivity index (χ1) is 6.06. The SMILES string of the molecule is CC/C=C/[C@H](C)C/C(N)=C/C(=O)O. The zero-order chi connectivity index (χ0) is 10.3. The number of hydrogen-bond acceptors (Lipinski definition) is 2. The van der Waals surface area contributed by atoms with Gasteiger partial charge in [0.2, 0.25) is 0 Å². The molecule has 0 fully saturated rings. The molecule has 0 heterocycles. The first kappa shape index (κ1) is 11.8. The predicted octanol–water partition coefficient (Wildman–Crippen LogP) is 1.91. The van der Waals surface area contributed by atoms with Gasteiger partial charge in [0.25, 0.3) is 0 Å². The van der Waals surface area contributed by atoms with Gasteiger partial charge in [-0.25, -0.2) is 4.79 Å². The smallest absolute Gasteiger partial charge is 0.330 e. The van der Waals surface area contributed by atoms with Crippen molar-refractivity contribution in [2.24, 2.45) is 11.7 Å². The van der Waals surface area contributed by atoms with Crippen LogP contribution in [0.5, 0.6) is 0 Å². The molecule has 0 saturated carbocycles. The summed E-state index contributed by atoms with van der Waals surface area (Å²) in [6, 6.07) is 0. The van der Waals surface area contributed by atoms with Gasteiger partial charge in [-0.15, -0.1) is 0 Å². The Morgan fingerprint density at radius 2 is 2.23 bits per heavy atom. The normalized spacial score (nSPS) is 14.8. The molecule has 0 aliphatic carbocycles. The first-order valence-electron chi connectivity index (χ1n) is 4.41. The van der Waals surface area contributed by atoms with Gasteiger partial charge in [0.15, 0.2) is 0 Å². The average molecular weight is 183 g/mol. The molecule has 74 valence electrons. The van der Waals surface area contributed by atoms with E-state index in [4.69, 9.17) is 10.8 Å². The number of rotatable bonds is 5. The van der Waals surface area contributed by atoms with E-state index >= 15 is 0 Å². The summed E-state index contributed by atoms with van der Waals surface area (Å²) in [4.78, 5) is 10.2. The molecule has 0 saturated heterocycles. The van der Waals surface area contributed by atoms with Crippen LogP contribution in [0.4, 0.5) is 0 Å². The van der Waals surface area contributed by atoms with Crippen LogP contribution in [0.3, 0.4) is 0 Å². The molecule has 0 amide bonds. The van der Waals surface area contributed by atoms with E-state index in [1.54, 1.807) is 0 Å². The number of carbonyl (C=O) groups is 1. The zero-order valence-electron chi connectivity index (χ0n) is 8.16. The number of allylic oxidation sites excluding steroid dienone is 3. The van der Waals surface area contributed by atoms with Crippen molar-refractivity contribution >= 4 is 5.97 Å². The lowest BCUT2D eigenvalue weighted by atomic mass is 10.0. The Kier molecular flexibility index (Phi) is 5.68. The summed E-state index contributed by atoms with van der Waals surface area (Å²) < 4.78 is 0. The number of carboxylic acids is 1. The molecule has 0 aromatic rings. The van der Waals surface area contributed by atoms with Crippen molar-refractivity contribution in [2.75, 3.05) is 0 Å². The minimum atomic E-state index is -0.982. The van der Waals surface area contributed by atoms with E-state index in [2.05, 4.69) is 13.0 Å². The van der Waals surface area contributed by atoms with Crippen molar-refractivity contribution in [3.63, 3.8) is 0 Å². The standard InChI is InChI=1S/C10H17NO2/c1-3-4-5-8(2)6-9(11)7-10(12)13/h4-5,7-8H,3,6,11H2,1-2H3,(H,12,13)/b5-4+,9-7-/t8-/m0/s1. The monoisotopic (exact) mass is 183 g/mol. The number of carboxylic acid groups (broad SMARTS) is 1. The summed E-state index contributed by atoms with van der Waals surface area (Å²) in [5, 5.41) is 8.40. The minimum absolute atomic E-state index is 0.301. The Labute approximate surface area is 78.9 Å². The van der Waals surface area contributed by atoms with Crippen LogP contribution in [-0.2, 0) is 4.79 Å². The molecule has 3 nitrogen and oxygen atoms in total. The lowest BCUT2D eigenvalue weighted by molar-refractivity contribution is -0.131. The highest BCUT2D eigenvalue weighted by Gasteiger charge is 2.00. The van der Waals surface area contributed by atoms with Crippen molar-refractivity contribution in [1.29, 1.82) is 0 Å². The number of nitrogens with two attached hydrogens (primary N) is 1. The van der Waals surface area contributed by atoms with Crippen molar-refractivity contribution in [1.82, 2.24) is 0 Å². The molecule has 0 radical (unpaired) electrons. The number of hydrogen-bond donors (Lipinski definition) is 2. The second kappa shape index (κ2) is 6.29. The minimum Gasteiger partial charge on any atom is -0.478 e. The first-order valence-corrected chi connectivity index (χ1v) is 4.41. The zero-order valence-corrected chi connectivity index (χ0v) is 8.16. The molecular weight excluding hydrogens is 166 g/mol. The van der Waals surface area contributed by atoms with Crippen LogP contribution >= 0.6 is 0 Å². The van der Waals surface area contributed by atoms with Gasteiger partial charge < -0.3 is 10.8 Å². The van der Waals surface area contributed by atoms with Gasteiger partial charge >= 0.3 is 5.97 Å². The highest BCUT2D eigenvalue weighted by Crippen LogP contribution is 2.08. The number of aliphatic carboxylic acids is 1. The second-order valence-corrected chi connectivity index (χ2v) is 3.08. The van der Waals surface area contributed by atoms with E-state index in [-0.39, 0.29) is 0 Å². The molecule has 0 unspecified atom stereocenters. The lowest BCUT2D eigenvalue weighted by Gasteiger charge is -2.04. The van der Waals surface area contributed by atoms with E-state index in [1.807, 2.05) is 13.0 Å². The predicted molar refractivity (Wildman–Crippen MR) is 53.1 cm³/mol. The van der Waals surface area contributed by atoms with E-state index < -0.39 is 5.97 Å². The second-order valence-electron chi connectivity index (χ2n) is 3.08. The van der Waals surface area contributed by atoms with Crippen molar-refractivity contribution in [3.05, 3.63) is 23.9 Å². The van der Waals surface area contributed by atoms with E-state index in [9.17, 15) is 4.79 Å². The molecule has 3 heteroatoms. The molecule has 0 aromatic carbocycles. The van der Waals surface area contributed by atoms with E-state index in [1.165, 1.54) is 0 Å². The van der Waals surface area contributed by atoms with Gasteiger partial charge in [-0.1, -0.05) is 26.0 Å². The molecule has 13 heavy (non-hydrogen) atoms. The van der Waals surface area contributed by atoms with Crippen LogP contribution in [0.15, 0.2) is 23.9 Å². The topological polar surface area (TPSA) is 63.3 Å². The molecule has 3 N–H and O–H groups in total. The molecular formula is C10H17NO2. The van der Waals surface area contributed by atoms with Gasteiger partial charge in [-0.3, -0.25) is 0 Å². The van der Waals surface area contributed by atoms with Crippen molar-refractivity contribution < 1.29 is 9.90 Å². The Hall–Kier alpha value is -1.25. The van der Waals surface area contributed by atoms with Crippen LogP contribution in [0, 0.1) is 5.92 Å². The Balaban J connectivity index is 3.98. The van der Waals surface area contributed by atoms with Gasteiger partial charge in [0, 0.05) is 11.8 Å². The quantitative estimate of drug-likeness (QED) is 0.505.